The number of hydrogen-bond acceptors (Lipinski definition) is 2. The number of nitrogens with two attached hydrogens (primary N) is 1. The van der Waals surface area contributed by atoms with Gasteiger partial charge in [0, 0.05) is 23.6 Å². The Morgan fingerprint density at radius 3 is 2.38 bits per heavy atom. The Balaban J connectivity index is 2.27. The maximum Gasteiger partial charge on any atom is 0.416 e. The van der Waals surface area contributed by atoms with Gasteiger partial charge in [-0.1, -0.05) is 19.3 Å². The third-order valence-electron chi connectivity index (χ3n) is 3.97. The van der Waals surface area contributed by atoms with Crippen molar-refractivity contribution in [2.24, 2.45) is 5.73 Å². The lowest BCUT2D eigenvalue weighted by atomic mass is 9.93. The van der Waals surface area contributed by atoms with E-state index in [1.807, 2.05) is 0 Å². The molecule has 0 saturated heterocycles. The van der Waals surface area contributed by atoms with Crippen LogP contribution in [0.15, 0.2) is 22.7 Å². The van der Waals surface area contributed by atoms with Gasteiger partial charge in [0.05, 0.1) is 11.3 Å². The standard InChI is InChI=1S/C15H20BrF3N2/c16-13-10-11(15(17,18)19)6-7-14(13)21(9-8-20)12-4-2-1-3-5-12/h6-7,10,12H,1-5,8-9,20H2. The van der Waals surface area contributed by atoms with Gasteiger partial charge >= 0.3 is 6.18 Å². The smallest absolute Gasteiger partial charge is 0.366 e. The molecule has 118 valence electrons. The molecule has 6 heteroatoms. The zero-order chi connectivity index (χ0) is 15.5. The SMILES string of the molecule is NCCN(c1ccc(C(F)(F)F)cc1Br)C1CCCCC1. The minimum absolute atomic E-state index is 0.371. The van der Waals surface area contributed by atoms with E-state index in [0.717, 1.165) is 30.7 Å². The summed E-state index contributed by atoms with van der Waals surface area (Å²) in [4.78, 5) is 2.16. The summed E-state index contributed by atoms with van der Waals surface area (Å²) in [5, 5.41) is 0. The molecule has 1 aromatic carbocycles. The summed E-state index contributed by atoms with van der Waals surface area (Å²) in [7, 11) is 0. The van der Waals surface area contributed by atoms with E-state index in [2.05, 4.69) is 20.8 Å². The molecule has 2 N–H and O–H groups in total. The molecule has 1 aliphatic carbocycles. The normalized spacial score (nSPS) is 17.0. The van der Waals surface area contributed by atoms with Gasteiger partial charge < -0.3 is 10.6 Å². The van der Waals surface area contributed by atoms with Crippen LogP contribution < -0.4 is 10.6 Å². The van der Waals surface area contributed by atoms with Crippen molar-refractivity contribution in [1.29, 1.82) is 0 Å². The third kappa shape index (κ3) is 4.13. The highest BCUT2D eigenvalue weighted by molar-refractivity contribution is 9.10. The molecule has 0 radical (unpaired) electrons. The van der Waals surface area contributed by atoms with Crippen molar-refractivity contribution in [3.8, 4) is 0 Å². The van der Waals surface area contributed by atoms with Crippen LogP contribution in [0.5, 0.6) is 0 Å². The zero-order valence-corrected chi connectivity index (χ0v) is 13.4. The van der Waals surface area contributed by atoms with E-state index in [0.29, 0.717) is 23.6 Å². The molecule has 1 saturated carbocycles. The predicted octanol–water partition coefficient (Wildman–Crippen LogP) is 4.57. The molecule has 0 bridgehead atoms. The molecule has 0 aliphatic heterocycles. The fourth-order valence-corrected chi connectivity index (χ4v) is 3.55. The molecular weight excluding hydrogens is 345 g/mol. The van der Waals surface area contributed by atoms with E-state index in [1.54, 1.807) is 6.07 Å². The number of anilines is 1. The topological polar surface area (TPSA) is 29.3 Å². The first-order valence-corrected chi connectivity index (χ1v) is 8.06. The van der Waals surface area contributed by atoms with Crippen LogP contribution in [0.25, 0.3) is 0 Å². The summed E-state index contributed by atoms with van der Waals surface area (Å²) in [6.45, 7) is 1.15. The van der Waals surface area contributed by atoms with Gasteiger partial charge in [0.15, 0.2) is 0 Å². The van der Waals surface area contributed by atoms with Crippen molar-refractivity contribution in [1.82, 2.24) is 0 Å². The first-order valence-electron chi connectivity index (χ1n) is 7.27. The average Bonchev–Trinajstić information content (AvgIpc) is 2.45. The molecule has 0 heterocycles. The molecule has 21 heavy (non-hydrogen) atoms. The second-order valence-electron chi connectivity index (χ2n) is 5.44. The second-order valence-corrected chi connectivity index (χ2v) is 6.29. The van der Waals surface area contributed by atoms with Crippen LogP contribution in [-0.4, -0.2) is 19.1 Å². The van der Waals surface area contributed by atoms with Crippen LogP contribution in [0.2, 0.25) is 0 Å². The van der Waals surface area contributed by atoms with Gasteiger partial charge in [-0.15, -0.1) is 0 Å². The lowest BCUT2D eigenvalue weighted by Gasteiger charge is -2.36. The number of alkyl halides is 3. The monoisotopic (exact) mass is 364 g/mol. The van der Waals surface area contributed by atoms with E-state index in [-0.39, 0.29) is 0 Å². The Morgan fingerprint density at radius 1 is 1.19 bits per heavy atom. The quantitative estimate of drug-likeness (QED) is 0.847. The summed E-state index contributed by atoms with van der Waals surface area (Å²) < 4.78 is 38.7. The largest absolute Gasteiger partial charge is 0.416 e. The first kappa shape index (κ1) is 16.6. The Hall–Kier alpha value is -0.750. The van der Waals surface area contributed by atoms with Crippen molar-refractivity contribution >= 4 is 21.6 Å². The molecule has 0 amide bonds. The Kier molecular flexibility index (Phi) is 5.54. The number of halogens is 4. The Labute approximate surface area is 131 Å². The highest BCUT2D eigenvalue weighted by Crippen LogP contribution is 2.37. The molecule has 1 fully saturated rings. The van der Waals surface area contributed by atoms with Crippen molar-refractivity contribution in [3.63, 3.8) is 0 Å². The number of rotatable bonds is 4. The van der Waals surface area contributed by atoms with Gasteiger partial charge in [0.25, 0.3) is 0 Å². The number of nitrogens with zero attached hydrogens (tertiary/aromatic N) is 1. The summed E-state index contributed by atoms with van der Waals surface area (Å²) in [5.41, 5.74) is 5.86. The molecule has 0 aromatic heterocycles. The molecular formula is C15H20BrF3N2. The highest BCUT2D eigenvalue weighted by Gasteiger charge is 2.31. The van der Waals surface area contributed by atoms with E-state index in [4.69, 9.17) is 5.73 Å². The molecule has 1 aliphatic rings. The number of hydrogen-bond donors (Lipinski definition) is 1. The maximum atomic E-state index is 12.7. The van der Waals surface area contributed by atoms with E-state index < -0.39 is 11.7 Å². The third-order valence-corrected chi connectivity index (χ3v) is 4.61. The van der Waals surface area contributed by atoms with Crippen molar-refractivity contribution < 1.29 is 13.2 Å². The minimum Gasteiger partial charge on any atom is -0.366 e. The van der Waals surface area contributed by atoms with Crippen molar-refractivity contribution in [3.05, 3.63) is 28.2 Å². The highest BCUT2D eigenvalue weighted by atomic mass is 79.9. The minimum atomic E-state index is -4.31. The second kappa shape index (κ2) is 7.01. The summed E-state index contributed by atoms with van der Waals surface area (Å²) in [6.07, 6.45) is 1.42. The molecule has 2 nitrogen and oxygen atoms in total. The van der Waals surface area contributed by atoms with Gasteiger partial charge in [-0.05, 0) is 47.0 Å². The van der Waals surface area contributed by atoms with Crippen LogP contribution in [0.3, 0.4) is 0 Å². The van der Waals surface area contributed by atoms with Gasteiger partial charge in [0.1, 0.15) is 0 Å². The fourth-order valence-electron chi connectivity index (χ4n) is 2.95. The lowest BCUT2D eigenvalue weighted by molar-refractivity contribution is -0.137. The van der Waals surface area contributed by atoms with Gasteiger partial charge in [-0.25, -0.2) is 0 Å². The summed E-state index contributed by atoms with van der Waals surface area (Å²) in [6, 6.07) is 4.22. The Morgan fingerprint density at radius 2 is 1.86 bits per heavy atom. The van der Waals surface area contributed by atoms with Gasteiger partial charge in [-0.2, -0.15) is 13.2 Å². The van der Waals surface area contributed by atoms with Gasteiger partial charge in [0.2, 0.25) is 0 Å². The predicted molar refractivity (Wildman–Crippen MR) is 82.4 cm³/mol. The van der Waals surface area contributed by atoms with Crippen LogP contribution >= 0.6 is 15.9 Å². The van der Waals surface area contributed by atoms with Crippen LogP contribution in [0.1, 0.15) is 37.7 Å². The lowest BCUT2D eigenvalue weighted by Crippen LogP contribution is -2.40. The maximum absolute atomic E-state index is 12.7. The Bertz CT molecular complexity index is 470. The summed E-state index contributed by atoms with van der Waals surface area (Å²) in [5.74, 6) is 0. The molecule has 2 rings (SSSR count). The molecule has 1 aromatic rings. The van der Waals surface area contributed by atoms with Gasteiger partial charge in [-0.3, -0.25) is 0 Å². The average molecular weight is 365 g/mol. The van der Waals surface area contributed by atoms with Crippen molar-refractivity contribution in [2.75, 3.05) is 18.0 Å². The molecule has 0 atom stereocenters. The van der Waals surface area contributed by atoms with Crippen molar-refractivity contribution in [2.45, 2.75) is 44.3 Å². The first-order chi connectivity index (χ1) is 9.93. The fraction of sp³-hybridized carbons (Fsp3) is 0.600. The molecule has 0 spiro atoms. The van der Waals surface area contributed by atoms with E-state index in [1.165, 1.54) is 19.3 Å². The van der Waals surface area contributed by atoms with Crippen LogP contribution in [-0.2, 0) is 6.18 Å². The molecule has 0 unspecified atom stereocenters. The zero-order valence-electron chi connectivity index (χ0n) is 11.8. The van der Waals surface area contributed by atoms with E-state index >= 15 is 0 Å². The van der Waals surface area contributed by atoms with E-state index in [9.17, 15) is 13.2 Å². The van der Waals surface area contributed by atoms with Crippen LogP contribution in [0.4, 0.5) is 18.9 Å². The van der Waals surface area contributed by atoms with Crippen LogP contribution in [0, 0.1) is 0 Å². The summed E-state index contributed by atoms with van der Waals surface area (Å²) >= 11 is 3.29. The number of benzene rings is 1.